The van der Waals surface area contributed by atoms with E-state index in [2.05, 4.69) is 5.32 Å². The first-order valence-electron chi connectivity index (χ1n) is 8.09. The van der Waals surface area contributed by atoms with Crippen LogP contribution in [-0.2, 0) is 9.59 Å². The van der Waals surface area contributed by atoms with Gasteiger partial charge in [0.15, 0.2) is 0 Å². The Hall–Kier alpha value is -1.26. The molecule has 1 N–H and O–H groups in total. The molecule has 1 saturated carbocycles. The zero-order chi connectivity index (χ0) is 16.4. The fourth-order valence-corrected chi connectivity index (χ4v) is 3.41. The van der Waals surface area contributed by atoms with Gasteiger partial charge in [0.25, 0.3) is 0 Å². The van der Waals surface area contributed by atoms with E-state index in [0.717, 1.165) is 38.8 Å². The van der Waals surface area contributed by atoms with Crippen molar-refractivity contribution in [2.24, 2.45) is 5.41 Å². The van der Waals surface area contributed by atoms with Gasteiger partial charge in [-0.2, -0.15) is 0 Å². The van der Waals surface area contributed by atoms with Crippen molar-refractivity contribution in [1.29, 1.82) is 0 Å². The maximum Gasteiger partial charge on any atom is 0.240 e. The van der Waals surface area contributed by atoms with Crippen LogP contribution in [0.25, 0.3) is 0 Å². The molecule has 6 heteroatoms. The molecule has 23 heavy (non-hydrogen) atoms. The van der Waals surface area contributed by atoms with E-state index in [0.29, 0.717) is 28.6 Å². The summed E-state index contributed by atoms with van der Waals surface area (Å²) in [5, 5.41) is 3.70. The predicted octanol–water partition coefficient (Wildman–Crippen LogP) is 4.11. The third kappa shape index (κ3) is 3.48. The number of hydrogen-bond donors (Lipinski definition) is 1. The van der Waals surface area contributed by atoms with Crippen LogP contribution in [0.5, 0.6) is 0 Å². The second-order valence-corrected chi connectivity index (χ2v) is 7.21. The Balaban J connectivity index is 1.73. The Labute approximate surface area is 146 Å². The third-order valence-corrected chi connectivity index (χ3v) is 5.23. The first kappa shape index (κ1) is 16.6. The molecule has 4 nitrogen and oxygen atoms in total. The minimum atomic E-state index is -0.907. The lowest BCUT2D eigenvalue weighted by Crippen LogP contribution is -2.43. The largest absolute Gasteiger partial charge is 0.342 e. The normalized spacial score (nSPS) is 19.8. The van der Waals surface area contributed by atoms with Crippen LogP contribution in [0.4, 0.5) is 5.69 Å². The highest BCUT2D eigenvalue weighted by Crippen LogP contribution is 2.48. The van der Waals surface area contributed by atoms with Crippen LogP contribution in [-0.4, -0.2) is 29.8 Å². The smallest absolute Gasteiger partial charge is 0.240 e. The number of nitrogens with one attached hydrogen (secondary N) is 1. The molecule has 2 amide bonds. The van der Waals surface area contributed by atoms with Crippen molar-refractivity contribution < 1.29 is 9.59 Å². The zero-order valence-electron chi connectivity index (χ0n) is 12.9. The molecular weight excluding hydrogens is 335 g/mol. The summed E-state index contributed by atoms with van der Waals surface area (Å²) >= 11 is 12.0. The summed E-state index contributed by atoms with van der Waals surface area (Å²) in [4.78, 5) is 27.4. The SMILES string of the molecule is O=C(Nc1cc(Cl)ccc1Cl)C1(C(=O)N2CCCCCC2)CC1. The maximum absolute atomic E-state index is 12.8. The molecule has 0 aromatic heterocycles. The van der Waals surface area contributed by atoms with E-state index >= 15 is 0 Å². The van der Waals surface area contributed by atoms with Crippen molar-refractivity contribution in [3.05, 3.63) is 28.2 Å². The molecule has 124 valence electrons. The molecule has 1 aromatic carbocycles. The number of benzene rings is 1. The highest BCUT2D eigenvalue weighted by Gasteiger charge is 2.58. The molecule has 1 heterocycles. The molecule has 3 rings (SSSR count). The van der Waals surface area contributed by atoms with Crippen molar-refractivity contribution in [3.63, 3.8) is 0 Å². The zero-order valence-corrected chi connectivity index (χ0v) is 14.4. The summed E-state index contributed by atoms with van der Waals surface area (Å²) in [6, 6.07) is 4.90. The summed E-state index contributed by atoms with van der Waals surface area (Å²) in [6.07, 6.45) is 5.55. The Bertz CT molecular complexity index is 621. The van der Waals surface area contributed by atoms with Gasteiger partial charge < -0.3 is 10.2 Å². The molecule has 1 aromatic rings. The number of anilines is 1. The number of halogens is 2. The fourth-order valence-electron chi connectivity index (χ4n) is 3.07. The van der Waals surface area contributed by atoms with Crippen molar-refractivity contribution in [2.45, 2.75) is 38.5 Å². The second kappa shape index (κ2) is 6.70. The van der Waals surface area contributed by atoms with Gasteiger partial charge in [0.05, 0.1) is 10.7 Å². The molecule has 1 aliphatic carbocycles. The van der Waals surface area contributed by atoms with E-state index in [-0.39, 0.29) is 11.8 Å². The lowest BCUT2D eigenvalue weighted by molar-refractivity contribution is -0.142. The molecule has 0 unspecified atom stereocenters. The van der Waals surface area contributed by atoms with E-state index in [9.17, 15) is 9.59 Å². The van der Waals surface area contributed by atoms with Crippen LogP contribution >= 0.6 is 23.2 Å². The lowest BCUT2D eigenvalue weighted by Gasteiger charge is -2.25. The van der Waals surface area contributed by atoms with Gasteiger partial charge in [-0.1, -0.05) is 36.0 Å². The van der Waals surface area contributed by atoms with E-state index in [4.69, 9.17) is 23.2 Å². The lowest BCUT2D eigenvalue weighted by atomic mass is 10.0. The molecule has 1 saturated heterocycles. The average Bonchev–Trinajstić information content (AvgIpc) is 3.34. The van der Waals surface area contributed by atoms with Gasteiger partial charge in [0.2, 0.25) is 11.8 Å². The van der Waals surface area contributed by atoms with Gasteiger partial charge in [0.1, 0.15) is 5.41 Å². The van der Waals surface area contributed by atoms with Crippen molar-refractivity contribution in [1.82, 2.24) is 4.90 Å². The van der Waals surface area contributed by atoms with Crippen molar-refractivity contribution in [2.75, 3.05) is 18.4 Å². The van der Waals surface area contributed by atoms with Gasteiger partial charge in [-0.05, 0) is 43.9 Å². The van der Waals surface area contributed by atoms with Gasteiger partial charge in [0, 0.05) is 18.1 Å². The van der Waals surface area contributed by atoms with Gasteiger partial charge in [-0.25, -0.2) is 0 Å². The van der Waals surface area contributed by atoms with E-state index in [1.165, 1.54) is 0 Å². The number of rotatable bonds is 3. The summed E-state index contributed by atoms with van der Waals surface area (Å²) in [7, 11) is 0. The van der Waals surface area contributed by atoms with Crippen LogP contribution in [0.15, 0.2) is 18.2 Å². The maximum atomic E-state index is 12.8. The van der Waals surface area contributed by atoms with E-state index in [1.807, 2.05) is 4.90 Å². The Kier molecular flexibility index (Phi) is 4.83. The minimum absolute atomic E-state index is 0.0324. The van der Waals surface area contributed by atoms with Crippen LogP contribution in [0.2, 0.25) is 10.0 Å². The monoisotopic (exact) mass is 354 g/mol. The summed E-state index contributed by atoms with van der Waals surface area (Å²) < 4.78 is 0. The first-order valence-corrected chi connectivity index (χ1v) is 8.84. The van der Waals surface area contributed by atoms with Crippen LogP contribution in [0.3, 0.4) is 0 Å². The number of amides is 2. The van der Waals surface area contributed by atoms with E-state index in [1.54, 1.807) is 18.2 Å². The molecule has 0 spiro atoms. The van der Waals surface area contributed by atoms with Gasteiger partial charge in [-0.15, -0.1) is 0 Å². The number of likely N-dealkylation sites (tertiary alicyclic amines) is 1. The highest BCUT2D eigenvalue weighted by atomic mass is 35.5. The molecule has 2 aliphatic rings. The summed E-state index contributed by atoms with van der Waals surface area (Å²) in [6.45, 7) is 1.51. The molecule has 1 aliphatic heterocycles. The minimum Gasteiger partial charge on any atom is -0.342 e. The fraction of sp³-hybridized carbons (Fsp3) is 0.529. The Morgan fingerprint density at radius 1 is 1.04 bits per heavy atom. The number of nitrogens with zero attached hydrogens (tertiary/aromatic N) is 1. The Morgan fingerprint density at radius 3 is 2.30 bits per heavy atom. The van der Waals surface area contributed by atoms with Gasteiger partial charge >= 0.3 is 0 Å². The predicted molar refractivity (Wildman–Crippen MR) is 91.8 cm³/mol. The van der Waals surface area contributed by atoms with E-state index < -0.39 is 5.41 Å². The standard InChI is InChI=1S/C17H20Cl2N2O2/c18-12-5-6-13(19)14(11-12)20-15(22)17(7-8-17)16(23)21-9-3-1-2-4-10-21/h5-6,11H,1-4,7-10H2,(H,20,22). The van der Waals surface area contributed by atoms with Crippen molar-refractivity contribution in [3.8, 4) is 0 Å². The topological polar surface area (TPSA) is 49.4 Å². The average molecular weight is 355 g/mol. The second-order valence-electron chi connectivity index (χ2n) is 6.37. The first-order chi connectivity index (χ1) is 11.0. The highest BCUT2D eigenvalue weighted by molar-refractivity contribution is 6.36. The molecule has 0 radical (unpaired) electrons. The molecule has 0 atom stereocenters. The summed E-state index contributed by atoms with van der Waals surface area (Å²) in [5.41, 5.74) is -0.449. The number of carbonyl (C=O) groups excluding carboxylic acids is 2. The molecular formula is C17H20Cl2N2O2. The Morgan fingerprint density at radius 2 is 1.70 bits per heavy atom. The number of carbonyl (C=O) groups is 2. The van der Waals surface area contributed by atoms with Gasteiger partial charge in [-0.3, -0.25) is 9.59 Å². The summed E-state index contributed by atoms with van der Waals surface area (Å²) in [5.74, 6) is -0.300. The van der Waals surface area contributed by atoms with Crippen LogP contribution in [0, 0.1) is 5.41 Å². The molecule has 0 bridgehead atoms. The quantitative estimate of drug-likeness (QED) is 0.830. The molecule has 2 fully saturated rings. The van der Waals surface area contributed by atoms with Crippen molar-refractivity contribution >= 4 is 40.7 Å². The van der Waals surface area contributed by atoms with Crippen LogP contribution < -0.4 is 5.32 Å². The third-order valence-electron chi connectivity index (χ3n) is 4.66. The van der Waals surface area contributed by atoms with Crippen LogP contribution in [0.1, 0.15) is 38.5 Å². The number of hydrogen-bond acceptors (Lipinski definition) is 2.